The molecule has 2 N–H and O–H groups in total. The van der Waals surface area contributed by atoms with Gasteiger partial charge in [-0.3, -0.25) is 0 Å². The Morgan fingerprint density at radius 2 is 1.02 bits per heavy atom. The summed E-state index contributed by atoms with van der Waals surface area (Å²) < 4.78 is 0. The van der Waals surface area contributed by atoms with E-state index in [0.717, 1.165) is 34.4 Å². The highest BCUT2D eigenvalue weighted by Gasteiger charge is 2.28. The number of rotatable bonds is 16. The van der Waals surface area contributed by atoms with Gasteiger partial charge in [0.1, 0.15) is 11.5 Å². The SMILES string of the molecule is CCCCCCCCCCCCC(CS)CC(c1cc(C(C)(C)C)c(O)cc1C)c1cc(C(C)(C)C)c(O)cc1C. The Hall–Kier alpha value is -1.61. The van der Waals surface area contributed by atoms with Crippen LogP contribution in [0.25, 0.3) is 0 Å². The van der Waals surface area contributed by atoms with E-state index in [2.05, 4.69) is 74.4 Å². The molecule has 0 aliphatic heterocycles. The van der Waals surface area contributed by atoms with Crippen LogP contribution in [0.15, 0.2) is 24.3 Å². The molecule has 0 heterocycles. The first-order chi connectivity index (χ1) is 19.2. The normalized spacial score (nSPS) is 13.2. The van der Waals surface area contributed by atoms with Crippen molar-refractivity contribution in [2.45, 2.75) is 156 Å². The summed E-state index contributed by atoms with van der Waals surface area (Å²) in [6, 6.07) is 8.44. The number of hydrogen-bond donors (Lipinski definition) is 3. The van der Waals surface area contributed by atoms with Gasteiger partial charge in [0.15, 0.2) is 0 Å². The fourth-order valence-electron chi connectivity index (χ4n) is 6.33. The van der Waals surface area contributed by atoms with Crippen molar-refractivity contribution in [3.63, 3.8) is 0 Å². The molecule has 1 unspecified atom stereocenters. The topological polar surface area (TPSA) is 40.5 Å². The molecule has 0 amide bonds. The van der Waals surface area contributed by atoms with Gasteiger partial charge in [0.2, 0.25) is 0 Å². The minimum Gasteiger partial charge on any atom is -0.508 e. The highest BCUT2D eigenvalue weighted by atomic mass is 32.1. The Bertz CT molecular complexity index is 1000. The molecule has 1 atom stereocenters. The van der Waals surface area contributed by atoms with Gasteiger partial charge in [0, 0.05) is 5.92 Å². The van der Waals surface area contributed by atoms with Crippen LogP contribution in [0.4, 0.5) is 0 Å². The Kier molecular flexibility index (Phi) is 14.1. The van der Waals surface area contributed by atoms with Crippen LogP contribution in [-0.4, -0.2) is 16.0 Å². The Morgan fingerprint density at radius 1 is 0.634 bits per heavy atom. The minimum absolute atomic E-state index is 0.156. The number of phenols is 2. The summed E-state index contributed by atoms with van der Waals surface area (Å²) >= 11 is 4.85. The maximum absolute atomic E-state index is 10.9. The minimum atomic E-state index is -0.156. The van der Waals surface area contributed by atoms with Crippen LogP contribution in [0.1, 0.15) is 165 Å². The molecule has 0 saturated heterocycles. The third-order valence-electron chi connectivity index (χ3n) is 8.93. The fraction of sp³-hybridized carbons (Fsp3) is 0.684. The number of benzene rings is 2. The van der Waals surface area contributed by atoms with Gasteiger partial charge < -0.3 is 10.2 Å². The number of aryl methyl sites for hydroxylation is 2. The molecular weight excluding hydrogens is 520 g/mol. The van der Waals surface area contributed by atoms with E-state index < -0.39 is 0 Å². The summed E-state index contributed by atoms with van der Waals surface area (Å²) in [4.78, 5) is 0. The number of unbranched alkanes of at least 4 members (excludes halogenated alkanes) is 9. The maximum Gasteiger partial charge on any atom is 0.119 e. The van der Waals surface area contributed by atoms with Crippen molar-refractivity contribution in [2.75, 3.05) is 5.75 Å². The Balaban J connectivity index is 2.31. The molecule has 0 fully saturated rings. The summed E-state index contributed by atoms with van der Waals surface area (Å²) in [6.07, 6.45) is 15.8. The van der Waals surface area contributed by atoms with Crippen molar-refractivity contribution in [2.24, 2.45) is 5.92 Å². The predicted molar refractivity (Wildman–Crippen MR) is 183 cm³/mol. The quantitative estimate of drug-likeness (QED) is 0.136. The third-order valence-corrected chi connectivity index (χ3v) is 9.45. The van der Waals surface area contributed by atoms with E-state index in [1.54, 1.807) is 0 Å². The van der Waals surface area contributed by atoms with Crippen LogP contribution in [0.5, 0.6) is 11.5 Å². The van der Waals surface area contributed by atoms with Gasteiger partial charge in [-0.15, -0.1) is 0 Å². The van der Waals surface area contributed by atoms with Crippen LogP contribution < -0.4 is 0 Å². The molecule has 0 bridgehead atoms. The lowest BCUT2D eigenvalue weighted by atomic mass is 9.75. The highest BCUT2D eigenvalue weighted by molar-refractivity contribution is 7.80. The van der Waals surface area contributed by atoms with Crippen molar-refractivity contribution < 1.29 is 10.2 Å². The first-order valence-electron chi connectivity index (χ1n) is 16.5. The molecule has 3 heteroatoms. The molecule has 232 valence electrons. The van der Waals surface area contributed by atoms with E-state index in [0.29, 0.717) is 17.4 Å². The summed E-state index contributed by atoms with van der Waals surface area (Å²) in [5, 5.41) is 21.8. The second kappa shape index (κ2) is 16.3. The molecule has 2 aromatic rings. The van der Waals surface area contributed by atoms with E-state index in [9.17, 15) is 10.2 Å². The Morgan fingerprint density at radius 3 is 1.39 bits per heavy atom. The summed E-state index contributed by atoms with van der Waals surface area (Å²) in [5.74, 6) is 2.33. The zero-order valence-corrected chi connectivity index (χ0v) is 28.9. The molecule has 2 aromatic carbocycles. The van der Waals surface area contributed by atoms with Gasteiger partial charge in [-0.25, -0.2) is 0 Å². The van der Waals surface area contributed by atoms with Gasteiger partial charge in [0.05, 0.1) is 0 Å². The van der Waals surface area contributed by atoms with E-state index in [1.165, 1.54) is 81.8 Å². The Labute approximate surface area is 259 Å². The van der Waals surface area contributed by atoms with Crippen molar-refractivity contribution in [1.82, 2.24) is 0 Å². The van der Waals surface area contributed by atoms with E-state index in [1.807, 2.05) is 12.1 Å². The second-order valence-corrected chi connectivity index (χ2v) is 15.1. The molecule has 41 heavy (non-hydrogen) atoms. The number of phenolic OH excluding ortho intramolecular Hbond substituents is 2. The van der Waals surface area contributed by atoms with Gasteiger partial charge in [0.25, 0.3) is 0 Å². The van der Waals surface area contributed by atoms with Gasteiger partial charge in [-0.2, -0.15) is 12.6 Å². The average molecular weight is 583 g/mol. The van der Waals surface area contributed by atoms with Crippen LogP contribution in [-0.2, 0) is 10.8 Å². The maximum atomic E-state index is 10.9. The molecule has 0 spiro atoms. The smallest absolute Gasteiger partial charge is 0.119 e. The number of thiol groups is 1. The summed E-state index contributed by atoms with van der Waals surface area (Å²) in [6.45, 7) is 19.6. The van der Waals surface area contributed by atoms with Crippen LogP contribution >= 0.6 is 12.6 Å². The molecular formula is C38H62O2S. The molecule has 2 nitrogen and oxygen atoms in total. The zero-order valence-electron chi connectivity index (χ0n) is 28.0. The monoisotopic (exact) mass is 582 g/mol. The van der Waals surface area contributed by atoms with E-state index in [-0.39, 0.29) is 16.7 Å². The van der Waals surface area contributed by atoms with Gasteiger partial charge >= 0.3 is 0 Å². The zero-order chi connectivity index (χ0) is 30.8. The van der Waals surface area contributed by atoms with Crippen molar-refractivity contribution in [3.05, 3.63) is 57.6 Å². The predicted octanol–water partition coefficient (Wildman–Crippen LogP) is 11.7. The van der Waals surface area contributed by atoms with Crippen molar-refractivity contribution in [1.29, 1.82) is 0 Å². The molecule has 2 rings (SSSR count). The van der Waals surface area contributed by atoms with E-state index >= 15 is 0 Å². The molecule has 0 aromatic heterocycles. The lowest BCUT2D eigenvalue weighted by Crippen LogP contribution is -2.18. The average Bonchev–Trinajstić information content (AvgIpc) is 2.86. The highest BCUT2D eigenvalue weighted by Crippen LogP contribution is 2.43. The molecule has 0 saturated carbocycles. The lowest BCUT2D eigenvalue weighted by molar-refractivity contribution is 0.432. The first kappa shape index (κ1) is 35.6. The van der Waals surface area contributed by atoms with E-state index in [4.69, 9.17) is 12.6 Å². The number of aromatic hydroxyl groups is 2. The molecule has 0 radical (unpaired) electrons. The van der Waals surface area contributed by atoms with Gasteiger partial charge in [-0.05, 0) is 94.7 Å². The van der Waals surface area contributed by atoms with Crippen molar-refractivity contribution in [3.8, 4) is 11.5 Å². The van der Waals surface area contributed by atoms with Crippen molar-refractivity contribution >= 4 is 12.6 Å². The fourth-order valence-corrected chi connectivity index (χ4v) is 6.66. The standard InChI is InChI=1S/C38H62O2S/c1-10-11-12-13-14-15-16-17-18-19-20-29(26-41)23-32(30-24-33(37(4,5)6)35(39)21-27(30)2)31-25-34(38(7,8)9)36(40)22-28(31)3/h21-22,24-25,29,32,39-41H,10-20,23,26H2,1-9H3. The van der Waals surface area contributed by atoms with Gasteiger partial charge in [-0.1, -0.05) is 125 Å². The lowest BCUT2D eigenvalue weighted by Gasteiger charge is -2.31. The third kappa shape index (κ3) is 10.9. The van der Waals surface area contributed by atoms with Crippen LogP contribution in [0.3, 0.4) is 0 Å². The summed E-state index contributed by atoms with van der Waals surface area (Å²) in [7, 11) is 0. The van der Waals surface area contributed by atoms with Crippen LogP contribution in [0, 0.1) is 19.8 Å². The summed E-state index contributed by atoms with van der Waals surface area (Å²) in [5.41, 5.74) is 6.50. The molecule has 0 aliphatic carbocycles. The molecule has 0 aliphatic rings. The number of hydrogen-bond acceptors (Lipinski definition) is 3. The van der Waals surface area contributed by atoms with Crippen LogP contribution in [0.2, 0.25) is 0 Å². The first-order valence-corrected chi connectivity index (χ1v) is 17.1. The second-order valence-electron chi connectivity index (χ2n) is 14.8. The largest absolute Gasteiger partial charge is 0.508 e.